The summed E-state index contributed by atoms with van der Waals surface area (Å²) in [5.74, 6) is 2.07. The van der Waals surface area contributed by atoms with Crippen LogP contribution in [0.2, 0.25) is 0 Å². The van der Waals surface area contributed by atoms with Crippen LogP contribution in [0.4, 0.5) is 0 Å². The molecule has 2 heteroatoms. The number of hydrogen-bond acceptors (Lipinski definition) is 2. The van der Waals surface area contributed by atoms with Gasteiger partial charge in [0.05, 0.1) is 0 Å². The maximum atomic E-state index is 3.53. The molecule has 0 rings (SSSR count). The lowest BCUT2D eigenvalue weighted by Gasteiger charge is -2.21. The Hall–Kier alpha value is 0.310. The molecule has 1 atom stereocenters. The summed E-state index contributed by atoms with van der Waals surface area (Å²) in [6.45, 7) is 7.88. The minimum Gasteiger partial charge on any atom is -0.314 e. The fraction of sp³-hybridized carbons (Fsp3) is 1.00. The SMILES string of the molecule is CCNC(CCCSC)C(C)C. The van der Waals surface area contributed by atoms with Crippen molar-refractivity contribution in [1.82, 2.24) is 5.32 Å². The molecular weight excluding hydrogens is 166 g/mol. The van der Waals surface area contributed by atoms with E-state index in [2.05, 4.69) is 32.3 Å². The number of rotatable bonds is 7. The molecule has 0 fully saturated rings. The second-order valence-electron chi connectivity index (χ2n) is 3.54. The van der Waals surface area contributed by atoms with Gasteiger partial charge in [0, 0.05) is 6.04 Å². The van der Waals surface area contributed by atoms with Gasteiger partial charge in [0.1, 0.15) is 0 Å². The van der Waals surface area contributed by atoms with Crippen molar-refractivity contribution in [3.8, 4) is 0 Å². The van der Waals surface area contributed by atoms with Crippen molar-refractivity contribution in [1.29, 1.82) is 0 Å². The quantitative estimate of drug-likeness (QED) is 0.618. The van der Waals surface area contributed by atoms with E-state index >= 15 is 0 Å². The molecule has 0 spiro atoms. The number of nitrogens with one attached hydrogen (secondary N) is 1. The van der Waals surface area contributed by atoms with Crippen molar-refractivity contribution in [2.24, 2.45) is 5.92 Å². The normalized spacial score (nSPS) is 13.8. The maximum Gasteiger partial charge on any atom is 0.00902 e. The Morgan fingerprint density at radius 3 is 2.42 bits per heavy atom. The molecule has 0 bridgehead atoms. The molecule has 0 aliphatic carbocycles. The molecule has 12 heavy (non-hydrogen) atoms. The standard InChI is InChI=1S/C10H23NS/c1-5-11-10(9(2)3)7-6-8-12-4/h9-11H,5-8H2,1-4H3. The average Bonchev–Trinajstić information content (AvgIpc) is 2.03. The fourth-order valence-electron chi connectivity index (χ4n) is 1.38. The van der Waals surface area contributed by atoms with Crippen molar-refractivity contribution in [3.05, 3.63) is 0 Å². The zero-order valence-corrected chi connectivity index (χ0v) is 9.71. The second-order valence-corrected chi connectivity index (χ2v) is 4.53. The first-order valence-electron chi connectivity index (χ1n) is 4.94. The van der Waals surface area contributed by atoms with Crippen LogP contribution in [0, 0.1) is 5.92 Å². The van der Waals surface area contributed by atoms with Gasteiger partial charge in [-0.1, -0.05) is 20.8 Å². The highest BCUT2D eigenvalue weighted by molar-refractivity contribution is 7.98. The van der Waals surface area contributed by atoms with Gasteiger partial charge in [-0.05, 0) is 37.3 Å². The first-order valence-corrected chi connectivity index (χ1v) is 6.34. The van der Waals surface area contributed by atoms with E-state index in [9.17, 15) is 0 Å². The molecule has 0 aliphatic rings. The summed E-state index contributed by atoms with van der Waals surface area (Å²) in [6.07, 6.45) is 4.85. The van der Waals surface area contributed by atoms with Crippen molar-refractivity contribution in [2.45, 2.75) is 39.7 Å². The summed E-state index contributed by atoms with van der Waals surface area (Å²) in [5, 5.41) is 3.53. The average molecular weight is 189 g/mol. The highest BCUT2D eigenvalue weighted by Gasteiger charge is 2.10. The minimum atomic E-state index is 0.724. The van der Waals surface area contributed by atoms with Gasteiger partial charge in [-0.25, -0.2) is 0 Å². The van der Waals surface area contributed by atoms with Gasteiger partial charge in [-0.2, -0.15) is 11.8 Å². The highest BCUT2D eigenvalue weighted by atomic mass is 32.2. The lowest BCUT2D eigenvalue weighted by molar-refractivity contribution is 0.383. The third-order valence-corrected chi connectivity index (χ3v) is 2.83. The lowest BCUT2D eigenvalue weighted by atomic mass is 10.00. The van der Waals surface area contributed by atoms with Crippen molar-refractivity contribution < 1.29 is 0 Å². The summed E-state index contributed by atoms with van der Waals surface area (Å²) in [6, 6.07) is 0.724. The molecule has 0 amide bonds. The van der Waals surface area contributed by atoms with E-state index in [1.807, 2.05) is 11.8 Å². The van der Waals surface area contributed by atoms with Gasteiger partial charge < -0.3 is 5.32 Å². The van der Waals surface area contributed by atoms with Crippen LogP contribution < -0.4 is 5.32 Å². The summed E-state index contributed by atoms with van der Waals surface area (Å²) in [4.78, 5) is 0. The van der Waals surface area contributed by atoms with E-state index in [4.69, 9.17) is 0 Å². The molecule has 0 aromatic rings. The topological polar surface area (TPSA) is 12.0 Å². The smallest absolute Gasteiger partial charge is 0.00902 e. The predicted molar refractivity (Wildman–Crippen MR) is 59.9 cm³/mol. The largest absolute Gasteiger partial charge is 0.314 e. The predicted octanol–water partition coefficient (Wildman–Crippen LogP) is 2.76. The molecule has 0 aromatic carbocycles. The molecular formula is C10H23NS. The van der Waals surface area contributed by atoms with Gasteiger partial charge in [0.15, 0.2) is 0 Å². The number of hydrogen-bond donors (Lipinski definition) is 1. The van der Waals surface area contributed by atoms with Gasteiger partial charge in [-0.15, -0.1) is 0 Å². The Kier molecular flexibility index (Phi) is 8.14. The lowest BCUT2D eigenvalue weighted by Crippen LogP contribution is -2.33. The summed E-state index contributed by atoms with van der Waals surface area (Å²) < 4.78 is 0. The molecule has 0 aliphatic heterocycles. The van der Waals surface area contributed by atoms with Crippen LogP contribution in [0.15, 0.2) is 0 Å². The molecule has 0 radical (unpaired) electrons. The van der Waals surface area contributed by atoms with E-state index in [-0.39, 0.29) is 0 Å². The molecule has 1 unspecified atom stereocenters. The van der Waals surface area contributed by atoms with Crippen molar-refractivity contribution in [3.63, 3.8) is 0 Å². The molecule has 0 heterocycles. The van der Waals surface area contributed by atoms with Gasteiger partial charge in [0.25, 0.3) is 0 Å². The Morgan fingerprint density at radius 2 is 2.00 bits per heavy atom. The van der Waals surface area contributed by atoms with Crippen molar-refractivity contribution in [2.75, 3.05) is 18.6 Å². The first kappa shape index (κ1) is 12.3. The van der Waals surface area contributed by atoms with Crippen LogP contribution in [-0.2, 0) is 0 Å². The summed E-state index contributed by atoms with van der Waals surface area (Å²) >= 11 is 1.95. The third kappa shape index (κ3) is 5.90. The maximum absolute atomic E-state index is 3.53. The van der Waals surface area contributed by atoms with Crippen LogP contribution >= 0.6 is 11.8 Å². The zero-order valence-electron chi connectivity index (χ0n) is 8.89. The minimum absolute atomic E-state index is 0.724. The Morgan fingerprint density at radius 1 is 1.33 bits per heavy atom. The second kappa shape index (κ2) is 7.93. The van der Waals surface area contributed by atoms with E-state index in [1.54, 1.807) is 0 Å². The van der Waals surface area contributed by atoms with Crippen LogP contribution in [-0.4, -0.2) is 24.6 Å². The molecule has 0 saturated carbocycles. The fourth-order valence-corrected chi connectivity index (χ4v) is 1.84. The van der Waals surface area contributed by atoms with E-state index in [1.165, 1.54) is 18.6 Å². The van der Waals surface area contributed by atoms with Gasteiger partial charge in [0.2, 0.25) is 0 Å². The Bertz CT molecular complexity index is 93.8. The number of thioether (sulfide) groups is 1. The monoisotopic (exact) mass is 189 g/mol. The van der Waals surface area contributed by atoms with Crippen LogP contribution in [0.1, 0.15) is 33.6 Å². The van der Waals surface area contributed by atoms with Crippen molar-refractivity contribution >= 4 is 11.8 Å². The van der Waals surface area contributed by atoms with E-state index < -0.39 is 0 Å². The molecule has 1 nitrogen and oxygen atoms in total. The highest BCUT2D eigenvalue weighted by Crippen LogP contribution is 2.10. The molecule has 0 aromatic heterocycles. The van der Waals surface area contributed by atoms with Crippen LogP contribution in [0.3, 0.4) is 0 Å². The first-order chi connectivity index (χ1) is 5.72. The van der Waals surface area contributed by atoms with Gasteiger partial charge >= 0.3 is 0 Å². The van der Waals surface area contributed by atoms with Gasteiger partial charge in [-0.3, -0.25) is 0 Å². The summed E-state index contributed by atoms with van der Waals surface area (Å²) in [7, 11) is 0. The van der Waals surface area contributed by atoms with E-state index in [0.29, 0.717) is 0 Å². The molecule has 0 saturated heterocycles. The Balaban J connectivity index is 3.49. The van der Waals surface area contributed by atoms with Crippen LogP contribution in [0.5, 0.6) is 0 Å². The van der Waals surface area contributed by atoms with E-state index in [0.717, 1.165) is 18.5 Å². The molecule has 74 valence electrons. The third-order valence-electron chi connectivity index (χ3n) is 2.13. The van der Waals surface area contributed by atoms with Crippen LogP contribution in [0.25, 0.3) is 0 Å². The Labute approximate surface area is 81.7 Å². The summed E-state index contributed by atoms with van der Waals surface area (Å²) in [5.41, 5.74) is 0. The molecule has 1 N–H and O–H groups in total. The zero-order chi connectivity index (χ0) is 9.40.